The Labute approximate surface area is 193 Å². The number of ether oxygens (including phenoxy) is 3. The zero-order chi connectivity index (χ0) is 22.1. The number of amides is 1. The number of carbonyl (C=O) groups is 1. The van der Waals surface area contributed by atoms with Crippen LogP contribution in [0, 0.1) is 0 Å². The van der Waals surface area contributed by atoms with Crippen molar-refractivity contribution < 1.29 is 19.0 Å². The number of benzene rings is 3. The fraction of sp³-hybridized carbons (Fsp3) is 0.130. The molecule has 162 valence electrons. The lowest BCUT2D eigenvalue weighted by Gasteiger charge is -2.12. The number of anilines is 1. The van der Waals surface area contributed by atoms with Gasteiger partial charge in [0.1, 0.15) is 24.7 Å². The molecule has 0 bridgehead atoms. The van der Waals surface area contributed by atoms with E-state index in [1.165, 1.54) is 0 Å². The highest BCUT2D eigenvalue weighted by atomic mass is 35.5. The van der Waals surface area contributed by atoms with Gasteiger partial charge in [0, 0.05) is 16.8 Å². The van der Waals surface area contributed by atoms with Crippen LogP contribution in [0.15, 0.2) is 60.7 Å². The number of aromatic nitrogens is 2. The summed E-state index contributed by atoms with van der Waals surface area (Å²) in [4.78, 5) is 17.5. The molecular weight excluding hydrogens is 453 g/mol. The van der Waals surface area contributed by atoms with Crippen LogP contribution in [0.3, 0.4) is 0 Å². The van der Waals surface area contributed by atoms with Crippen LogP contribution < -0.4 is 19.5 Å². The van der Waals surface area contributed by atoms with Gasteiger partial charge in [0.2, 0.25) is 12.7 Å². The number of carbonyl (C=O) groups excluding carboxylic acids is 1. The normalized spacial score (nSPS) is 12.2. The molecule has 0 unspecified atom stereocenters. The van der Waals surface area contributed by atoms with E-state index in [9.17, 15) is 4.79 Å². The maximum absolute atomic E-state index is 12.8. The Hall–Kier alpha value is -3.42. The van der Waals surface area contributed by atoms with Gasteiger partial charge in [0.15, 0.2) is 11.5 Å². The third-order valence-electron chi connectivity index (χ3n) is 4.94. The van der Waals surface area contributed by atoms with E-state index in [0.29, 0.717) is 38.8 Å². The number of nitrogens with zero attached hydrogens (tertiary/aromatic N) is 2. The second-order valence-electron chi connectivity index (χ2n) is 7.08. The zero-order valence-electron chi connectivity index (χ0n) is 16.7. The fourth-order valence-electron chi connectivity index (χ4n) is 3.46. The number of hydrogen-bond donors (Lipinski definition) is 1. The van der Waals surface area contributed by atoms with Gasteiger partial charge >= 0.3 is 0 Å². The summed E-state index contributed by atoms with van der Waals surface area (Å²) in [7, 11) is 0. The molecule has 0 aliphatic carbocycles. The van der Waals surface area contributed by atoms with Crippen molar-refractivity contribution in [1.29, 1.82) is 0 Å². The predicted octanol–water partition coefficient (Wildman–Crippen LogP) is 5.29. The summed E-state index contributed by atoms with van der Waals surface area (Å²) in [6.45, 7) is 0.365. The van der Waals surface area contributed by atoms with Gasteiger partial charge in [-0.25, -0.2) is 4.98 Å². The van der Waals surface area contributed by atoms with Gasteiger partial charge in [-0.15, -0.1) is 0 Å². The van der Waals surface area contributed by atoms with Gasteiger partial charge in [-0.2, -0.15) is 0 Å². The van der Waals surface area contributed by atoms with Gasteiger partial charge in [0.05, 0.1) is 16.1 Å². The summed E-state index contributed by atoms with van der Waals surface area (Å²) < 4.78 is 18.4. The van der Waals surface area contributed by atoms with Gasteiger partial charge < -0.3 is 24.1 Å². The molecule has 9 heteroatoms. The standard InChI is InChI=1S/C23H17Cl2N3O4/c24-14-5-7-19(16(25)9-14)30-12-22-27-17-3-1-2-4-18(17)28(22)11-23(29)26-15-6-8-20-21(10-15)32-13-31-20/h1-10H,11-13H2,(H,26,29). The molecule has 32 heavy (non-hydrogen) atoms. The van der Waals surface area contributed by atoms with Crippen molar-refractivity contribution in [2.24, 2.45) is 0 Å². The first-order valence-electron chi connectivity index (χ1n) is 9.78. The van der Waals surface area contributed by atoms with Crippen LogP contribution in [-0.2, 0) is 17.9 Å². The zero-order valence-corrected chi connectivity index (χ0v) is 18.2. The van der Waals surface area contributed by atoms with Crippen LogP contribution in [0.4, 0.5) is 5.69 Å². The Morgan fingerprint density at radius 3 is 2.78 bits per heavy atom. The molecule has 5 rings (SSSR count). The number of hydrogen-bond acceptors (Lipinski definition) is 5. The predicted molar refractivity (Wildman–Crippen MR) is 122 cm³/mol. The average Bonchev–Trinajstić information content (AvgIpc) is 3.37. The first-order valence-corrected chi connectivity index (χ1v) is 10.5. The maximum atomic E-state index is 12.8. The minimum atomic E-state index is -0.210. The van der Waals surface area contributed by atoms with E-state index in [0.717, 1.165) is 11.0 Å². The van der Waals surface area contributed by atoms with E-state index >= 15 is 0 Å². The molecular formula is C23H17Cl2N3O4. The van der Waals surface area contributed by atoms with Crippen molar-refractivity contribution in [1.82, 2.24) is 9.55 Å². The highest BCUT2D eigenvalue weighted by Gasteiger charge is 2.17. The molecule has 0 radical (unpaired) electrons. The van der Waals surface area contributed by atoms with Crippen molar-refractivity contribution in [2.45, 2.75) is 13.2 Å². The van der Waals surface area contributed by atoms with E-state index in [4.69, 9.17) is 37.4 Å². The number of fused-ring (bicyclic) bond motifs is 2. The second kappa shape index (κ2) is 8.61. The molecule has 0 spiro atoms. The molecule has 0 fully saturated rings. The average molecular weight is 470 g/mol. The highest BCUT2D eigenvalue weighted by Crippen LogP contribution is 2.34. The first kappa shape index (κ1) is 20.5. The number of para-hydroxylation sites is 2. The molecule has 3 aromatic carbocycles. The van der Waals surface area contributed by atoms with E-state index in [1.54, 1.807) is 36.4 Å². The van der Waals surface area contributed by atoms with Crippen LogP contribution in [0.2, 0.25) is 10.0 Å². The Kier molecular flexibility index (Phi) is 5.51. The van der Waals surface area contributed by atoms with E-state index < -0.39 is 0 Å². The van der Waals surface area contributed by atoms with Crippen molar-refractivity contribution in [3.8, 4) is 17.2 Å². The molecule has 1 aromatic heterocycles. The summed E-state index contributed by atoms with van der Waals surface area (Å²) in [6.07, 6.45) is 0. The number of imidazole rings is 1. The van der Waals surface area contributed by atoms with Gasteiger partial charge in [0.25, 0.3) is 0 Å². The summed E-state index contributed by atoms with van der Waals surface area (Å²) in [5, 5.41) is 3.82. The largest absolute Gasteiger partial charge is 0.484 e. The van der Waals surface area contributed by atoms with E-state index in [1.807, 2.05) is 28.8 Å². The molecule has 0 saturated carbocycles. The van der Waals surface area contributed by atoms with Crippen molar-refractivity contribution >= 4 is 45.8 Å². The van der Waals surface area contributed by atoms with Crippen LogP contribution in [0.25, 0.3) is 11.0 Å². The summed E-state index contributed by atoms with van der Waals surface area (Å²) in [6, 6.07) is 17.9. The van der Waals surface area contributed by atoms with Crippen molar-refractivity contribution in [3.05, 3.63) is 76.5 Å². The lowest BCUT2D eigenvalue weighted by molar-refractivity contribution is -0.116. The topological polar surface area (TPSA) is 74.6 Å². The van der Waals surface area contributed by atoms with Gasteiger partial charge in [-0.05, 0) is 42.5 Å². The fourth-order valence-corrected chi connectivity index (χ4v) is 3.93. The smallest absolute Gasteiger partial charge is 0.244 e. The first-order chi connectivity index (χ1) is 15.6. The lowest BCUT2D eigenvalue weighted by Crippen LogP contribution is -2.20. The van der Waals surface area contributed by atoms with E-state index in [2.05, 4.69) is 10.3 Å². The molecule has 0 atom stereocenters. The third kappa shape index (κ3) is 4.17. The molecule has 1 amide bonds. The Bertz CT molecular complexity index is 1320. The molecule has 1 aliphatic rings. The van der Waals surface area contributed by atoms with Gasteiger partial charge in [-0.3, -0.25) is 4.79 Å². The van der Waals surface area contributed by atoms with Crippen LogP contribution in [0.1, 0.15) is 5.82 Å². The lowest BCUT2D eigenvalue weighted by atomic mass is 10.2. The molecule has 1 N–H and O–H groups in total. The summed E-state index contributed by atoms with van der Waals surface area (Å²) >= 11 is 12.2. The second-order valence-corrected chi connectivity index (χ2v) is 7.93. The van der Waals surface area contributed by atoms with Crippen LogP contribution in [0.5, 0.6) is 17.2 Å². The van der Waals surface area contributed by atoms with Crippen LogP contribution in [-0.4, -0.2) is 22.3 Å². The Balaban J connectivity index is 1.37. The molecule has 2 heterocycles. The number of halogens is 2. The number of rotatable bonds is 6. The van der Waals surface area contributed by atoms with Crippen molar-refractivity contribution in [2.75, 3.05) is 12.1 Å². The van der Waals surface area contributed by atoms with E-state index in [-0.39, 0.29) is 25.9 Å². The highest BCUT2D eigenvalue weighted by molar-refractivity contribution is 6.35. The maximum Gasteiger partial charge on any atom is 0.244 e. The minimum Gasteiger partial charge on any atom is -0.484 e. The Morgan fingerprint density at radius 2 is 1.91 bits per heavy atom. The van der Waals surface area contributed by atoms with Crippen LogP contribution >= 0.6 is 23.2 Å². The van der Waals surface area contributed by atoms with Crippen molar-refractivity contribution in [3.63, 3.8) is 0 Å². The minimum absolute atomic E-state index is 0.0575. The summed E-state index contributed by atoms with van der Waals surface area (Å²) in [5.74, 6) is 2.13. The molecule has 0 saturated heterocycles. The Morgan fingerprint density at radius 1 is 1.06 bits per heavy atom. The van der Waals surface area contributed by atoms with Gasteiger partial charge in [-0.1, -0.05) is 35.3 Å². The molecule has 7 nitrogen and oxygen atoms in total. The number of nitrogens with one attached hydrogen (secondary N) is 1. The quantitative estimate of drug-likeness (QED) is 0.415. The third-order valence-corrected chi connectivity index (χ3v) is 5.47. The molecule has 4 aromatic rings. The summed E-state index contributed by atoms with van der Waals surface area (Å²) in [5.41, 5.74) is 2.22. The monoisotopic (exact) mass is 469 g/mol. The SMILES string of the molecule is O=C(Cn1c(COc2ccc(Cl)cc2Cl)nc2ccccc21)Nc1ccc2c(c1)OCO2. The molecule has 1 aliphatic heterocycles.